The molecule has 1 saturated carbocycles. The zero-order valence-electron chi connectivity index (χ0n) is 13.2. The molecule has 0 aromatic heterocycles. The predicted molar refractivity (Wildman–Crippen MR) is 83.5 cm³/mol. The molecule has 0 spiro atoms. The molecule has 1 N–H and O–H groups in total. The highest BCUT2D eigenvalue weighted by Gasteiger charge is 2.34. The Morgan fingerprint density at radius 1 is 1.11 bits per heavy atom. The molecule has 2 rings (SSSR count). The lowest BCUT2D eigenvalue weighted by Gasteiger charge is -2.43. The average molecular weight is 266 g/mol. The number of piperidine rings is 1. The molecule has 1 aliphatic heterocycles. The average Bonchev–Trinajstić information content (AvgIpc) is 2.43. The lowest BCUT2D eigenvalue weighted by molar-refractivity contribution is 0.0778. The Kier molecular flexibility index (Phi) is 6.15. The van der Waals surface area contributed by atoms with Crippen LogP contribution >= 0.6 is 0 Å². The highest BCUT2D eigenvalue weighted by atomic mass is 15.1. The van der Waals surface area contributed by atoms with Gasteiger partial charge in [0.15, 0.2) is 0 Å². The van der Waals surface area contributed by atoms with Crippen molar-refractivity contribution in [2.75, 3.05) is 33.2 Å². The van der Waals surface area contributed by atoms with Crippen LogP contribution in [0.15, 0.2) is 0 Å². The molecule has 2 fully saturated rings. The van der Waals surface area contributed by atoms with Crippen LogP contribution in [-0.4, -0.2) is 38.1 Å². The number of hydrogen-bond acceptors (Lipinski definition) is 2. The van der Waals surface area contributed by atoms with E-state index in [0.717, 1.165) is 5.92 Å². The van der Waals surface area contributed by atoms with Gasteiger partial charge in [0.2, 0.25) is 0 Å². The molecule has 2 aliphatic rings. The quantitative estimate of drug-likeness (QED) is 0.789. The van der Waals surface area contributed by atoms with Crippen LogP contribution in [0.3, 0.4) is 0 Å². The van der Waals surface area contributed by atoms with Gasteiger partial charge in [-0.15, -0.1) is 0 Å². The second-order valence-corrected chi connectivity index (χ2v) is 7.10. The van der Waals surface area contributed by atoms with E-state index < -0.39 is 0 Å². The zero-order chi connectivity index (χ0) is 13.6. The van der Waals surface area contributed by atoms with Gasteiger partial charge in [-0.05, 0) is 57.2 Å². The number of nitrogens with zero attached hydrogens (tertiary/aromatic N) is 1. The van der Waals surface area contributed by atoms with Crippen LogP contribution < -0.4 is 5.32 Å². The minimum atomic E-state index is 0.588. The van der Waals surface area contributed by atoms with Crippen molar-refractivity contribution in [1.82, 2.24) is 10.2 Å². The highest BCUT2D eigenvalue weighted by Crippen LogP contribution is 2.37. The summed E-state index contributed by atoms with van der Waals surface area (Å²) in [6, 6.07) is 0. The van der Waals surface area contributed by atoms with E-state index in [0.29, 0.717) is 5.41 Å². The fourth-order valence-corrected chi connectivity index (χ4v) is 4.38. The molecular weight excluding hydrogens is 232 g/mol. The van der Waals surface area contributed by atoms with Crippen molar-refractivity contribution >= 4 is 0 Å². The monoisotopic (exact) mass is 266 g/mol. The maximum atomic E-state index is 3.47. The SMILES string of the molecule is CCCC1CCN(CC2(CNC)CCCCC2)CC1. The molecule has 1 aliphatic carbocycles. The van der Waals surface area contributed by atoms with Gasteiger partial charge in [0, 0.05) is 13.1 Å². The normalized spacial score (nSPS) is 25.6. The van der Waals surface area contributed by atoms with Crippen molar-refractivity contribution in [3.63, 3.8) is 0 Å². The van der Waals surface area contributed by atoms with E-state index in [2.05, 4.69) is 24.2 Å². The number of rotatable bonds is 6. The van der Waals surface area contributed by atoms with Gasteiger partial charge < -0.3 is 10.2 Å². The van der Waals surface area contributed by atoms with Crippen LogP contribution in [-0.2, 0) is 0 Å². The van der Waals surface area contributed by atoms with Gasteiger partial charge >= 0.3 is 0 Å². The maximum Gasteiger partial charge on any atom is 0.00501 e. The molecule has 0 aromatic carbocycles. The van der Waals surface area contributed by atoms with Crippen LogP contribution in [0, 0.1) is 11.3 Å². The molecule has 2 nitrogen and oxygen atoms in total. The molecule has 1 saturated heterocycles. The molecule has 2 heteroatoms. The Morgan fingerprint density at radius 2 is 1.79 bits per heavy atom. The summed E-state index contributed by atoms with van der Waals surface area (Å²) in [5.74, 6) is 1.02. The predicted octanol–water partition coefficient (Wildman–Crippen LogP) is 3.67. The molecule has 1 heterocycles. The first-order valence-corrected chi connectivity index (χ1v) is 8.65. The molecule has 19 heavy (non-hydrogen) atoms. The second kappa shape index (κ2) is 7.64. The first kappa shape index (κ1) is 15.3. The largest absolute Gasteiger partial charge is 0.319 e. The van der Waals surface area contributed by atoms with Gasteiger partial charge in [0.25, 0.3) is 0 Å². The Morgan fingerprint density at radius 3 is 2.37 bits per heavy atom. The van der Waals surface area contributed by atoms with Crippen molar-refractivity contribution in [2.45, 2.75) is 64.7 Å². The summed E-state index contributed by atoms with van der Waals surface area (Å²) in [7, 11) is 2.13. The Bertz CT molecular complexity index is 232. The van der Waals surface area contributed by atoms with E-state index in [-0.39, 0.29) is 0 Å². The van der Waals surface area contributed by atoms with Crippen LogP contribution in [0.4, 0.5) is 0 Å². The minimum Gasteiger partial charge on any atom is -0.319 e. The van der Waals surface area contributed by atoms with Crippen molar-refractivity contribution in [2.24, 2.45) is 11.3 Å². The number of hydrogen-bond donors (Lipinski definition) is 1. The molecule has 0 bridgehead atoms. The molecule has 0 aromatic rings. The van der Waals surface area contributed by atoms with Gasteiger partial charge in [0.05, 0.1) is 0 Å². The van der Waals surface area contributed by atoms with E-state index in [1.165, 1.54) is 84.0 Å². The second-order valence-electron chi connectivity index (χ2n) is 7.10. The van der Waals surface area contributed by atoms with Crippen LogP contribution in [0.5, 0.6) is 0 Å². The van der Waals surface area contributed by atoms with E-state index in [4.69, 9.17) is 0 Å². The van der Waals surface area contributed by atoms with Crippen LogP contribution in [0.2, 0.25) is 0 Å². The van der Waals surface area contributed by atoms with Crippen molar-refractivity contribution in [3.05, 3.63) is 0 Å². The Labute approximate surface area is 120 Å². The minimum absolute atomic E-state index is 0.588. The summed E-state index contributed by atoms with van der Waals surface area (Å²) >= 11 is 0. The molecular formula is C17H34N2. The number of nitrogens with one attached hydrogen (secondary N) is 1. The fourth-order valence-electron chi connectivity index (χ4n) is 4.38. The zero-order valence-corrected chi connectivity index (χ0v) is 13.2. The molecule has 112 valence electrons. The Hall–Kier alpha value is -0.0800. The summed E-state index contributed by atoms with van der Waals surface area (Å²) in [5.41, 5.74) is 0.588. The van der Waals surface area contributed by atoms with Gasteiger partial charge in [-0.1, -0.05) is 39.0 Å². The van der Waals surface area contributed by atoms with Crippen LogP contribution in [0.25, 0.3) is 0 Å². The topological polar surface area (TPSA) is 15.3 Å². The van der Waals surface area contributed by atoms with Gasteiger partial charge in [-0.25, -0.2) is 0 Å². The third-order valence-corrected chi connectivity index (χ3v) is 5.43. The van der Waals surface area contributed by atoms with Crippen LogP contribution in [0.1, 0.15) is 64.7 Å². The summed E-state index contributed by atoms with van der Waals surface area (Å²) in [5, 5.41) is 3.47. The molecule has 0 radical (unpaired) electrons. The van der Waals surface area contributed by atoms with Crippen molar-refractivity contribution in [3.8, 4) is 0 Å². The lowest BCUT2D eigenvalue weighted by atomic mass is 9.73. The summed E-state index contributed by atoms with van der Waals surface area (Å²) < 4.78 is 0. The van der Waals surface area contributed by atoms with E-state index >= 15 is 0 Å². The summed E-state index contributed by atoms with van der Waals surface area (Å²) in [6.07, 6.45) is 13.0. The first-order chi connectivity index (χ1) is 9.28. The van der Waals surface area contributed by atoms with Gasteiger partial charge in [-0.3, -0.25) is 0 Å². The van der Waals surface area contributed by atoms with Gasteiger partial charge in [0.1, 0.15) is 0 Å². The molecule has 0 unspecified atom stereocenters. The number of likely N-dealkylation sites (tertiary alicyclic amines) is 1. The third-order valence-electron chi connectivity index (χ3n) is 5.43. The summed E-state index contributed by atoms with van der Waals surface area (Å²) in [6.45, 7) is 7.62. The van der Waals surface area contributed by atoms with Crippen molar-refractivity contribution in [1.29, 1.82) is 0 Å². The fraction of sp³-hybridized carbons (Fsp3) is 1.00. The van der Waals surface area contributed by atoms with E-state index in [1.807, 2.05) is 0 Å². The van der Waals surface area contributed by atoms with Gasteiger partial charge in [-0.2, -0.15) is 0 Å². The maximum absolute atomic E-state index is 3.47. The summed E-state index contributed by atoms with van der Waals surface area (Å²) in [4.78, 5) is 2.77. The Balaban J connectivity index is 1.81. The smallest absolute Gasteiger partial charge is 0.00501 e. The standard InChI is InChI=1S/C17H34N2/c1-3-7-16-8-12-19(13-9-16)15-17(14-18-2)10-5-4-6-11-17/h16,18H,3-15H2,1-2H3. The van der Waals surface area contributed by atoms with E-state index in [9.17, 15) is 0 Å². The highest BCUT2D eigenvalue weighted by molar-refractivity contribution is 4.88. The van der Waals surface area contributed by atoms with Crippen molar-refractivity contribution < 1.29 is 0 Å². The first-order valence-electron chi connectivity index (χ1n) is 8.65. The third kappa shape index (κ3) is 4.46. The lowest BCUT2D eigenvalue weighted by Crippen LogP contribution is -2.47. The molecule has 0 atom stereocenters. The van der Waals surface area contributed by atoms with E-state index in [1.54, 1.807) is 0 Å². The molecule has 0 amide bonds.